The van der Waals surface area contributed by atoms with Crippen LogP contribution in [0.15, 0.2) is 12.7 Å². The van der Waals surface area contributed by atoms with Crippen molar-refractivity contribution in [2.45, 2.75) is 38.1 Å². The number of piperidine rings is 1. The molecular weight excluding hydrogens is 214 g/mol. The Morgan fingerprint density at radius 2 is 2.12 bits per heavy atom. The molecular formula is C13H25N3O. The van der Waals surface area contributed by atoms with Gasteiger partial charge in [-0.15, -0.1) is 6.58 Å². The average Bonchev–Trinajstić information content (AvgIpc) is 2.36. The Labute approximate surface area is 104 Å². The fourth-order valence-corrected chi connectivity index (χ4v) is 2.11. The molecule has 0 aliphatic carbocycles. The summed E-state index contributed by atoms with van der Waals surface area (Å²) in [5, 5.41) is 2.87. The van der Waals surface area contributed by atoms with Crippen molar-refractivity contribution in [3.63, 3.8) is 0 Å². The van der Waals surface area contributed by atoms with Gasteiger partial charge in [0.25, 0.3) is 0 Å². The third kappa shape index (κ3) is 5.84. The van der Waals surface area contributed by atoms with Crippen molar-refractivity contribution in [1.29, 1.82) is 0 Å². The number of nitrogens with zero attached hydrogens (tertiary/aromatic N) is 1. The van der Waals surface area contributed by atoms with Crippen LogP contribution < -0.4 is 11.1 Å². The highest BCUT2D eigenvalue weighted by Crippen LogP contribution is 2.08. The highest BCUT2D eigenvalue weighted by molar-refractivity contribution is 5.81. The molecule has 0 saturated carbocycles. The number of hydrogen-bond acceptors (Lipinski definition) is 3. The maximum Gasteiger partial charge on any atom is 0.237 e. The van der Waals surface area contributed by atoms with Gasteiger partial charge in [0, 0.05) is 6.54 Å². The zero-order valence-electron chi connectivity index (χ0n) is 10.7. The molecule has 1 rings (SSSR count). The largest absolute Gasteiger partial charge is 0.355 e. The second kappa shape index (κ2) is 8.25. The van der Waals surface area contributed by atoms with Crippen LogP contribution in [0.2, 0.25) is 0 Å². The number of likely N-dealkylation sites (tertiary alicyclic amines) is 1. The van der Waals surface area contributed by atoms with Gasteiger partial charge in [0.1, 0.15) is 0 Å². The lowest BCUT2D eigenvalue weighted by atomic mass is 10.1. The van der Waals surface area contributed by atoms with Crippen LogP contribution in [0.3, 0.4) is 0 Å². The summed E-state index contributed by atoms with van der Waals surface area (Å²) < 4.78 is 0. The first-order chi connectivity index (χ1) is 8.24. The van der Waals surface area contributed by atoms with E-state index >= 15 is 0 Å². The lowest BCUT2D eigenvalue weighted by Crippen LogP contribution is -2.41. The Morgan fingerprint density at radius 3 is 2.76 bits per heavy atom. The van der Waals surface area contributed by atoms with E-state index in [1.165, 1.54) is 32.4 Å². The van der Waals surface area contributed by atoms with Crippen LogP contribution >= 0.6 is 0 Å². The van der Waals surface area contributed by atoms with E-state index in [-0.39, 0.29) is 5.91 Å². The maximum atomic E-state index is 11.5. The third-order valence-electron chi connectivity index (χ3n) is 3.16. The Balaban J connectivity index is 2.02. The molecule has 17 heavy (non-hydrogen) atoms. The molecule has 98 valence electrons. The molecule has 1 saturated heterocycles. The van der Waals surface area contributed by atoms with Crippen LogP contribution in [0.25, 0.3) is 0 Å². The van der Waals surface area contributed by atoms with Crippen LogP contribution in [-0.2, 0) is 4.79 Å². The smallest absolute Gasteiger partial charge is 0.237 e. The predicted molar refractivity (Wildman–Crippen MR) is 70.7 cm³/mol. The molecule has 1 aliphatic rings. The summed E-state index contributed by atoms with van der Waals surface area (Å²) in [4.78, 5) is 14.0. The molecule has 0 bridgehead atoms. The molecule has 1 fully saturated rings. The standard InChI is InChI=1S/C13H25N3O/c1-2-7-12(14)13(17)15-8-6-11-16-9-4-3-5-10-16/h2,12H,1,3-11,14H2,(H,15,17). The lowest BCUT2D eigenvalue weighted by Gasteiger charge is -2.26. The van der Waals surface area contributed by atoms with Crippen LogP contribution in [0.4, 0.5) is 0 Å². The normalized spacial score (nSPS) is 18.6. The summed E-state index contributed by atoms with van der Waals surface area (Å²) in [5.41, 5.74) is 5.66. The minimum atomic E-state index is -0.442. The number of hydrogen-bond donors (Lipinski definition) is 2. The SMILES string of the molecule is C=CCC(N)C(=O)NCCCN1CCCCC1. The number of nitrogens with two attached hydrogens (primary N) is 1. The minimum absolute atomic E-state index is 0.0662. The van der Waals surface area contributed by atoms with Crippen LogP contribution in [0, 0.1) is 0 Å². The first-order valence-corrected chi connectivity index (χ1v) is 6.60. The van der Waals surface area contributed by atoms with Crippen molar-refractivity contribution < 1.29 is 4.79 Å². The van der Waals surface area contributed by atoms with Gasteiger partial charge in [-0.25, -0.2) is 0 Å². The topological polar surface area (TPSA) is 58.4 Å². The number of rotatable bonds is 7. The van der Waals surface area contributed by atoms with E-state index < -0.39 is 6.04 Å². The van der Waals surface area contributed by atoms with Crippen LogP contribution in [0.1, 0.15) is 32.1 Å². The second-order valence-electron chi connectivity index (χ2n) is 4.68. The highest BCUT2D eigenvalue weighted by atomic mass is 16.2. The number of amides is 1. The van der Waals surface area contributed by atoms with Gasteiger partial charge < -0.3 is 16.0 Å². The van der Waals surface area contributed by atoms with Gasteiger partial charge in [0.05, 0.1) is 6.04 Å². The van der Waals surface area contributed by atoms with E-state index in [1.54, 1.807) is 6.08 Å². The monoisotopic (exact) mass is 239 g/mol. The van der Waals surface area contributed by atoms with Crippen LogP contribution in [0.5, 0.6) is 0 Å². The van der Waals surface area contributed by atoms with Crippen molar-refractivity contribution in [2.75, 3.05) is 26.2 Å². The van der Waals surface area contributed by atoms with E-state index in [1.807, 2.05) is 0 Å². The lowest BCUT2D eigenvalue weighted by molar-refractivity contribution is -0.122. The van der Waals surface area contributed by atoms with Crippen molar-refractivity contribution in [3.05, 3.63) is 12.7 Å². The van der Waals surface area contributed by atoms with Gasteiger partial charge in [-0.1, -0.05) is 12.5 Å². The fraction of sp³-hybridized carbons (Fsp3) is 0.769. The number of carbonyl (C=O) groups excluding carboxylic acids is 1. The molecule has 1 atom stereocenters. The van der Waals surface area contributed by atoms with Gasteiger partial charge >= 0.3 is 0 Å². The quantitative estimate of drug-likeness (QED) is 0.512. The van der Waals surface area contributed by atoms with Gasteiger partial charge in [-0.05, 0) is 45.3 Å². The van der Waals surface area contributed by atoms with Crippen molar-refractivity contribution in [3.8, 4) is 0 Å². The van der Waals surface area contributed by atoms with Gasteiger partial charge in [-0.3, -0.25) is 4.79 Å². The molecule has 1 unspecified atom stereocenters. The van der Waals surface area contributed by atoms with Crippen molar-refractivity contribution in [1.82, 2.24) is 10.2 Å². The fourth-order valence-electron chi connectivity index (χ4n) is 2.11. The Kier molecular flexibility index (Phi) is 6.89. The van der Waals surface area contributed by atoms with E-state index in [9.17, 15) is 4.79 Å². The molecule has 1 aliphatic heterocycles. The zero-order valence-corrected chi connectivity index (χ0v) is 10.7. The van der Waals surface area contributed by atoms with Crippen molar-refractivity contribution in [2.24, 2.45) is 5.73 Å². The Bertz CT molecular complexity index is 237. The second-order valence-corrected chi connectivity index (χ2v) is 4.68. The summed E-state index contributed by atoms with van der Waals surface area (Å²) in [6, 6.07) is -0.442. The highest BCUT2D eigenvalue weighted by Gasteiger charge is 2.12. The molecule has 4 nitrogen and oxygen atoms in total. The summed E-state index contributed by atoms with van der Waals surface area (Å²) in [5.74, 6) is -0.0662. The molecule has 0 spiro atoms. The maximum absolute atomic E-state index is 11.5. The summed E-state index contributed by atoms with van der Waals surface area (Å²) in [6.45, 7) is 7.80. The van der Waals surface area contributed by atoms with Gasteiger partial charge in [0.2, 0.25) is 5.91 Å². The summed E-state index contributed by atoms with van der Waals surface area (Å²) in [7, 11) is 0. The Hall–Kier alpha value is -0.870. The predicted octanol–water partition coefficient (Wildman–Crippen LogP) is 0.882. The molecule has 0 aromatic rings. The van der Waals surface area contributed by atoms with E-state index in [4.69, 9.17) is 5.73 Å². The minimum Gasteiger partial charge on any atom is -0.355 e. The molecule has 1 amide bonds. The van der Waals surface area contributed by atoms with Gasteiger partial charge in [0.15, 0.2) is 0 Å². The van der Waals surface area contributed by atoms with E-state index in [0.29, 0.717) is 6.42 Å². The van der Waals surface area contributed by atoms with Gasteiger partial charge in [-0.2, -0.15) is 0 Å². The average molecular weight is 239 g/mol. The van der Waals surface area contributed by atoms with Crippen molar-refractivity contribution >= 4 is 5.91 Å². The molecule has 4 heteroatoms. The molecule has 0 aromatic heterocycles. The number of nitrogens with one attached hydrogen (secondary N) is 1. The van der Waals surface area contributed by atoms with E-state index in [2.05, 4.69) is 16.8 Å². The molecule has 0 aromatic carbocycles. The summed E-state index contributed by atoms with van der Waals surface area (Å²) >= 11 is 0. The Morgan fingerprint density at radius 1 is 1.41 bits per heavy atom. The number of carbonyl (C=O) groups is 1. The molecule has 0 radical (unpaired) electrons. The van der Waals surface area contributed by atoms with Crippen LogP contribution in [-0.4, -0.2) is 43.0 Å². The zero-order chi connectivity index (χ0) is 12.5. The molecule has 1 heterocycles. The molecule has 3 N–H and O–H groups in total. The first kappa shape index (κ1) is 14.2. The first-order valence-electron chi connectivity index (χ1n) is 6.60. The van der Waals surface area contributed by atoms with E-state index in [0.717, 1.165) is 19.5 Å². The third-order valence-corrected chi connectivity index (χ3v) is 3.16. The summed E-state index contributed by atoms with van der Waals surface area (Å²) in [6.07, 6.45) is 7.22.